The number of ether oxygens (including phenoxy) is 10. The number of esters is 10. The predicted molar refractivity (Wildman–Crippen MR) is 467 cm³/mol. The van der Waals surface area contributed by atoms with Crippen LogP contribution in [0, 0.1) is 0 Å². The second-order valence-corrected chi connectivity index (χ2v) is 38.1. The average Bonchev–Trinajstić information content (AvgIpc) is 0.999. The van der Waals surface area contributed by atoms with Gasteiger partial charge in [0, 0.05) is 80.5 Å². The van der Waals surface area contributed by atoms with Crippen LogP contribution in [0.5, 0.6) is 0 Å². The van der Waals surface area contributed by atoms with Gasteiger partial charge in [-0.05, 0) is 34.6 Å². The molecule has 0 fully saturated rings. The summed E-state index contributed by atoms with van der Waals surface area (Å²) in [6.45, 7) is 10.2. The molecule has 0 spiro atoms. The van der Waals surface area contributed by atoms with Gasteiger partial charge in [-0.1, -0.05) is 159 Å². The Labute approximate surface area is 719 Å². The van der Waals surface area contributed by atoms with E-state index >= 15 is 0 Å². The monoisotopic (exact) mass is 1910 g/mol. The maximum Gasteiger partial charge on any atom is 0.323 e. The standard InChI is InChI=1S/2C10H20N2O4S2.C9H18N2O4S2.4C7H14N2O4S2.CH4/c2*1-3-15-9(13)7(11)5-17-18-6-8(12)10(14)16-4-2;1-3-15-9(13)7(11)5-17-16-4-6(10)8(12)14-2;4*1-13-7(12)5(9)3-15-14-2-4(8)6(10)11;/h2*7-8H,3-6,11-12H2,1-2H3;6-7H,3-5,10-11H2,1-2H3;4*4-5H,2-3,8-9H2,1H3,(H,10,11);1H4/t2*7-,8-;6-,7+;2*4-,5+;2*4-,5-;/m1001010./s1. The molecule has 0 amide bonds. The summed E-state index contributed by atoms with van der Waals surface area (Å²) in [7, 11) is 24.9. The molecule has 672 valence electrons. The van der Waals surface area contributed by atoms with Gasteiger partial charge in [0.2, 0.25) is 0 Å². The fourth-order valence-electron chi connectivity index (χ4n) is 4.67. The lowest BCUT2D eigenvalue weighted by Gasteiger charge is -2.11. The molecule has 0 bridgehead atoms. The van der Waals surface area contributed by atoms with Crippen molar-refractivity contribution in [2.45, 2.75) is 127 Å². The average molecular weight is 1910 g/mol. The number of rotatable bonds is 54. The van der Waals surface area contributed by atoms with Crippen LogP contribution in [0.1, 0.15) is 42.0 Å². The van der Waals surface area contributed by atoms with E-state index in [2.05, 4.69) is 23.7 Å². The molecule has 0 aliphatic rings. The van der Waals surface area contributed by atoms with Crippen LogP contribution in [0.3, 0.4) is 0 Å². The fourth-order valence-corrected chi connectivity index (χ4v) is 20.2. The Morgan fingerprint density at radius 1 is 0.202 bits per heavy atom. The molecule has 0 aromatic rings. The largest absolute Gasteiger partial charge is 0.480 e. The van der Waals surface area contributed by atoms with Crippen molar-refractivity contribution in [2.75, 3.05) is 149 Å². The highest BCUT2D eigenvalue weighted by Gasteiger charge is 2.24. The molecule has 0 aliphatic heterocycles. The lowest BCUT2D eigenvalue weighted by atomic mass is 10.4. The van der Waals surface area contributed by atoms with Crippen molar-refractivity contribution in [3.05, 3.63) is 0 Å². The van der Waals surface area contributed by atoms with Crippen molar-refractivity contribution in [2.24, 2.45) is 80.3 Å². The smallest absolute Gasteiger partial charge is 0.323 e. The summed E-state index contributed by atoms with van der Waals surface area (Å²) in [5, 5.41) is 33.9. The SMILES string of the molecule is C.CCOC(=O)[C@@H](N)CSSC[C@H](N)C(=O)OCC.CCOC(=O)[C@H](N)CSSC[C@@H](N)C(=O)OCC.CCOC(=O)[C@H](N)CSSC[C@H](N)C(=O)OC.COC(=O)[C@@H](N)CSSC[C@@H](N)C(=O)O.COC(=O)[C@@H](N)CSSC[C@H](N)C(=O)O.COC(=O)[C@H](N)CSSC[C@@H](N)C(=O)O.COC(=O)[C@H](N)CSSC[C@H](N)C(=O)O. The Morgan fingerprint density at radius 2 is 0.289 bits per heavy atom. The Hall–Kier alpha value is -3.08. The van der Waals surface area contributed by atoms with Gasteiger partial charge in [0.15, 0.2) is 0 Å². The summed E-state index contributed by atoms with van der Waals surface area (Å²) in [4.78, 5) is 152. The van der Waals surface area contributed by atoms with Crippen LogP contribution in [0.2, 0.25) is 0 Å². The van der Waals surface area contributed by atoms with Crippen LogP contribution in [0.15, 0.2) is 0 Å². The van der Waals surface area contributed by atoms with Crippen LogP contribution in [-0.2, 0) is 114 Å². The minimum atomic E-state index is -1.04. The summed E-state index contributed by atoms with van der Waals surface area (Å²) >= 11 is 0. The zero-order valence-corrected chi connectivity index (χ0v) is 75.3. The number of nitrogens with two attached hydrogens (primary N) is 14. The third-order valence-corrected chi connectivity index (χ3v) is 28.1. The van der Waals surface area contributed by atoms with Crippen molar-refractivity contribution in [3.8, 4) is 0 Å². The summed E-state index contributed by atoms with van der Waals surface area (Å²) < 4.78 is 46.0. The van der Waals surface area contributed by atoms with Crippen LogP contribution in [0.4, 0.5) is 0 Å². The van der Waals surface area contributed by atoms with Gasteiger partial charge in [0.25, 0.3) is 0 Å². The summed E-state index contributed by atoms with van der Waals surface area (Å²) in [5.74, 6) is -3.59. The molecule has 0 aromatic carbocycles. The fraction of sp³-hybridized carbons (Fsp3) is 0.759. The third kappa shape index (κ3) is 78.8. The minimum Gasteiger partial charge on any atom is -0.480 e. The molecule has 0 saturated carbocycles. The molecule has 0 heterocycles. The van der Waals surface area contributed by atoms with Gasteiger partial charge in [-0.25, -0.2) is 0 Å². The predicted octanol–water partition coefficient (Wildman–Crippen LogP) is -2.19. The Kier molecular flexibility index (Phi) is 94.2. The zero-order valence-electron chi connectivity index (χ0n) is 63.9. The van der Waals surface area contributed by atoms with E-state index < -0.39 is 168 Å². The minimum absolute atomic E-state index is 0. The number of carbonyl (C=O) groups excluding carboxylic acids is 10. The summed E-state index contributed by atoms with van der Waals surface area (Å²) in [5.41, 5.74) is 76.3. The molecule has 14 atom stereocenters. The van der Waals surface area contributed by atoms with Gasteiger partial charge < -0.3 is 148 Å². The number of carboxylic acid groups (broad SMARTS) is 4. The van der Waals surface area contributed by atoms with Crippen molar-refractivity contribution in [1.29, 1.82) is 0 Å². The number of carbonyl (C=O) groups is 14. The first kappa shape index (κ1) is 127. The number of methoxy groups -OCH3 is 5. The van der Waals surface area contributed by atoms with Crippen LogP contribution in [0.25, 0.3) is 0 Å². The summed E-state index contributed by atoms with van der Waals surface area (Å²) in [6, 6.07) is -10.2. The maximum absolute atomic E-state index is 11.2. The van der Waals surface area contributed by atoms with Crippen LogP contribution < -0.4 is 80.3 Å². The normalized spacial score (nSPS) is 14.0. The molecule has 0 radical (unpaired) electrons. The van der Waals surface area contributed by atoms with Crippen LogP contribution >= 0.6 is 151 Å². The van der Waals surface area contributed by atoms with E-state index in [4.69, 9.17) is 124 Å². The van der Waals surface area contributed by atoms with E-state index in [1.165, 1.54) is 187 Å². The maximum atomic E-state index is 11.2. The van der Waals surface area contributed by atoms with Crippen molar-refractivity contribution in [1.82, 2.24) is 0 Å². The van der Waals surface area contributed by atoms with Gasteiger partial charge in [0.1, 0.15) is 84.6 Å². The van der Waals surface area contributed by atoms with E-state index in [0.29, 0.717) is 90.6 Å². The van der Waals surface area contributed by atoms with Gasteiger partial charge in [-0.3, -0.25) is 67.1 Å². The molecule has 0 unspecified atom stereocenters. The second-order valence-electron chi connectivity index (χ2n) is 20.2. The van der Waals surface area contributed by atoms with Crippen LogP contribution in [-0.4, -0.2) is 338 Å². The first-order valence-corrected chi connectivity index (χ1v) is 49.9. The molecule has 0 rings (SSSR count). The third-order valence-electron chi connectivity index (χ3n) is 10.8. The second kappa shape index (κ2) is 84.9. The quantitative estimate of drug-likeness (QED) is 0.0133. The Morgan fingerprint density at radius 3 is 0.368 bits per heavy atom. The Balaban J connectivity index is -0.000000192. The molecule has 32 N–H and O–H groups in total. The lowest BCUT2D eigenvalue weighted by Crippen LogP contribution is -2.35. The molecule has 114 heavy (non-hydrogen) atoms. The number of hydrogen-bond acceptors (Lipinski definition) is 52. The molecular formula is C58H118N14O28S14. The van der Waals surface area contributed by atoms with Crippen molar-refractivity contribution in [3.63, 3.8) is 0 Å². The van der Waals surface area contributed by atoms with Gasteiger partial charge in [0.05, 0.1) is 68.6 Å². The molecule has 56 heteroatoms. The van der Waals surface area contributed by atoms with Crippen molar-refractivity contribution >= 4 is 235 Å². The molecule has 0 aromatic heterocycles. The number of aliphatic carboxylic acids is 4. The van der Waals surface area contributed by atoms with E-state index in [-0.39, 0.29) is 30.4 Å². The highest BCUT2D eigenvalue weighted by Crippen LogP contribution is 2.27. The van der Waals surface area contributed by atoms with E-state index in [1.54, 1.807) is 34.6 Å². The van der Waals surface area contributed by atoms with Crippen molar-refractivity contribution < 1.29 is 135 Å². The van der Waals surface area contributed by atoms with Gasteiger partial charge in [-0.15, -0.1) is 0 Å². The topological polar surface area (TPSA) is 776 Å². The van der Waals surface area contributed by atoms with E-state index in [0.717, 1.165) is 0 Å². The lowest BCUT2D eigenvalue weighted by molar-refractivity contribution is -0.144. The molecule has 0 aliphatic carbocycles. The zero-order chi connectivity index (χ0) is 88.6. The first-order chi connectivity index (χ1) is 53.0. The number of hydrogen-bond donors (Lipinski definition) is 18. The Bertz CT molecular complexity index is 2360. The van der Waals surface area contributed by atoms with Gasteiger partial charge in [-0.2, -0.15) is 0 Å². The van der Waals surface area contributed by atoms with Gasteiger partial charge >= 0.3 is 83.6 Å². The summed E-state index contributed by atoms with van der Waals surface area (Å²) in [6.07, 6.45) is 0. The highest BCUT2D eigenvalue weighted by atomic mass is 33.1. The first-order valence-electron chi connectivity index (χ1n) is 32.4. The molecule has 0 saturated heterocycles. The number of carboxylic acids is 4. The van der Waals surface area contributed by atoms with E-state index in [9.17, 15) is 67.1 Å². The van der Waals surface area contributed by atoms with E-state index in [1.807, 2.05) is 0 Å². The molecular weight excluding hydrogens is 1790 g/mol. The highest BCUT2D eigenvalue weighted by molar-refractivity contribution is 8.78. The molecule has 42 nitrogen and oxygen atoms in total.